The van der Waals surface area contributed by atoms with Gasteiger partial charge in [-0.15, -0.1) is 0 Å². The number of carbonyl (C=O) groups is 1. The molecule has 4 rings (SSSR count). The van der Waals surface area contributed by atoms with Crippen LogP contribution in [-0.2, 0) is 11.3 Å². The van der Waals surface area contributed by atoms with E-state index in [-0.39, 0.29) is 11.9 Å². The van der Waals surface area contributed by atoms with Crippen molar-refractivity contribution in [2.24, 2.45) is 0 Å². The van der Waals surface area contributed by atoms with Crippen LogP contribution in [0.15, 0.2) is 55.2 Å². The lowest BCUT2D eigenvalue weighted by Crippen LogP contribution is -2.37. The highest BCUT2D eigenvalue weighted by Crippen LogP contribution is 2.20. The van der Waals surface area contributed by atoms with E-state index in [4.69, 9.17) is 0 Å². The zero-order valence-corrected chi connectivity index (χ0v) is 15.6. The van der Waals surface area contributed by atoms with Crippen LogP contribution in [0, 0.1) is 0 Å². The molecule has 1 amide bonds. The van der Waals surface area contributed by atoms with Crippen LogP contribution in [0.1, 0.15) is 19.3 Å². The number of nitrogens with zero attached hydrogens (tertiary/aromatic N) is 6. The molecule has 0 aromatic carbocycles. The lowest BCUT2D eigenvalue weighted by Gasteiger charge is -2.17. The second-order valence-corrected chi connectivity index (χ2v) is 6.86. The van der Waals surface area contributed by atoms with Crippen molar-refractivity contribution in [3.63, 3.8) is 0 Å². The molecule has 1 aliphatic rings. The number of rotatable bonds is 7. The molecule has 0 aliphatic carbocycles. The van der Waals surface area contributed by atoms with Crippen LogP contribution < -0.4 is 10.2 Å². The smallest absolute Gasteiger partial charge is 0.225 e. The molecule has 8 heteroatoms. The number of carbonyl (C=O) groups excluding carboxylic acids is 1. The van der Waals surface area contributed by atoms with E-state index in [1.807, 2.05) is 35.1 Å². The van der Waals surface area contributed by atoms with E-state index in [2.05, 4.69) is 30.3 Å². The van der Waals surface area contributed by atoms with Gasteiger partial charge in [0.05, 0.1) is 5.69 Å². The SMILES string of the molecule is O=C(CCCn1cccn1)NC1CCN(c2nccc(-c3cccnc3)n2)C1. The van der Waals surface area contributed by atoms with Gasteiger partial charge in [0.2, 0.25) is 11.9 Å². The predicted octanol–water partition coefficient (Wildman–Crippen LogP) is 1.91. The third kappa shape index (κ3) is 4.51. The minimum Gasteiger partial charge on any atom is -0.352 e. The van der Waals surface area contributed by atoms with Crippen LogP contribution in [0.3, 0.4) is 0 Å². The first kappa shape index (κ1) is 18.1. The fraction of sp³-hybridized carbons (Fsp3) is 0.350. The summed E-state index contributed by atoms with van der Waals surface area (Å²) in [4.78, 5) is 27.6. The number of amides is 1. The highest BCUT2D eigenvalue weighted by molar-refractivity contribution is 5.76. The number of aromatic nitrogens is 5. The van der Waals surface area contributed by atoms with Crippen LogP contribution in [0.25, 0.3) is 11.3 Å². The van der Waals surface area contributed by atoms with Crippen molar-refractivity contribution in [1.29, 1.82) is 0 Å². The first-order chi connectivity index (χ1) is 13.8. The summed E-state index contributed by atoms with van der Waals surface area (Å²) < 4.78 is 1.84. The number of nitrogens with one attached hydrogen (secondary N) is 1. The third-order valence-corrected chi connectivity index (χ3v) is 4.79. The van der Waals surface area contributed by atoms with E-state index >= 15 is 0 Å². The maximum absolute atomic E-state index is 12.2. The molecule has 0 bridgehead atoms. The van der Waals surface area contributed by atoms with Crippen molar-refractivity contribution in [2.45, 2.75) is 31.8 Å². The van der Waals surface area contributed by atoms with Crippen molar-refractivity contribution in [3.05, 3.63) is 55.2 Å². The summed E-state index contributed by atoms with van der Waals surface area (Å²) in [5, 5.41) is 7.28. The number of pyridine rings is 1. The first-order valence-corrected chi connectivity index (χ1v) is 9.53. The van der Waals surface area contributed by atoms with Crippen LogP contribution >= 0.6 is 0 Å². The number of hydrogen-bond donors (Lipinski definition) is 1. The molecular formula is C20H23N7O. The summed E-state index contributed by atoms with van der Waals surface area (Å²) in [5.74, 6) is 0.779. The summed E-state index contributed by atoms with van der Waals surface area (Å²) in [6.45, 7) is 2.31. The zero-order chi connectivity index (χ0) is 19.2. The summed E-state index contributed by atoms with van der Waals surface area (Å²) in [5.41, 5.74) is 1.82. The Labute approximate surface area is 163 Å². The molecule has 1 N–H and O–H groups in total. The monoisotopic (exact) mass is 377 g/mol. The molecule has 3 aromatic heterocycles. The molecule has 1 aliphatic heterocycles. The predicted molar refractivity (Wildman–Crippen MR) is 105 cm³/mol. The van der Waals surface area contributed by atoms with Crippen molar-refractivity contribution >= 4 is 11.9 Å². The third-order valence-electron chi connectivity index (χ3n) is 4.79. The molecule has 1 unspecified atom stereocenters. The Morgan fingerprint density at radius 1 is 1.21 bits per heavy atom. The zero-order valence-electron chi connectivity index (χ0n) is 15.6. The van der Waals surface area contributed by atoms with Crippen molar-refractivity contribution < 1.29 is 4.79 Å². The molecule has 0 saturated carbocycles. The second-order valence-electron chi connectivity index (χ2n) is 6.86. The van der Waals surface area contributed by atoms with Crippen LogP contribution in [0.4, 0.5) is 5.95 Å². The van der Waals surface area contributed by atoms with Gasteiger partial charge < -0.3 is 10.2 Å². The van der Waals surface area contributed by atoms with Gasteiger partial charge in [0.25, 0.3) is 0 Å². The Kier molecular flexibility index (Phi) is 5.56. The Morgan fingerprint density at radius 2 is 2.18 bits per heavy atom. The van der Waals surface area contributed by atoms with Crippen LogP contribution in [0.5, 0.6) is 0 Å². The lowest BCUT2D eigenvalue weighted by atomic mass is 10.2. The first-order valence-electron chi connectivity index (χ1n) is 9.53. The topological polar surface area (TPSA) is 88.8 Å². The van der Waals surface area contributed by atoms with Gasteiger partial charge >= 0.3 is 0 Å². The van der Waals surface area contributed by atoms with Crippen molar-refractivity contribution in [2.75, 3.05) is 18.0 Å². The summed E-state index contributed by atoms with van der Waals surface area (Å²) in [6, 6.07) is 7.77. The fourth-order valence-electron chi connectivity index (χ4n) is 3.37. The average molecular weight is 377 g/mol. The molecule has 3 aromatic rings. The van der Waals surface area contributed by atoms with Gasteiger partial charge in [-0.3, -0.25) is 14.5 Å². The van der Waals surface area contributed by atoms with Crippen LogP contribution in [-0.4, -0.2) is 49.8 Å². The van der Waals surface area contributed by atoms with Gasteiger partial charge in [-0.1, -0.05) is 0 Å². The molecule has 8 nitrogen and oxygen atoms in total. The van der Waals surface area contributed by atoms with Gasteiger partial charge in [-0.2, -0.15) is 5.10 Å². The minimum atomic E-state index is 0.0871. The lowest BCUT2D eigenvalue weighted by molar-refractivity contribution is -0.121. The quantitative estimate of drug-likeness (QED) is 0.677. The van der Waals surface area contributed by atoms with E-state index < -0.39 is 0 Å². The van der Waals surface area contributed by atoms with Gasteiger partial charge in [-0.25, -0.2) is 9.97 Å². The van der Waals surface area contributed by atoms with E-state index in [1.54, 1.807) is 24.8 Å². The van der Waals surface area contributed by atoms with Gasteiger partial charge in [0, 0.05) is 68.6 Å². The number of hydrogen-bond acceptors (Lipinski definition) is 6. The largest absolute Gasteiger partial charge is 0.352 e. The van der Waals surface area contributed by atoms with Crippen LogP contribution in [0.2, 0.25) is 0 Å². The second kappa shape index (κ2) is 8.60. The highest BCUT2D eigenvalue weighted by atomic mass is 16.1. The molecule has 4 heterocycles. The molecule has 1 fully saturated rings. The van der Waals surface area contributed by atoms with E-state index in [0.717, 1.165) is 43.7 Å². The maximum atomic E-state index is 12.2. The van der Waals surface area contributed by atoms with E-state index in [0.29, 0.717) is 12.4 Å². The number of anilines is 1. The molecule has 28 heavy (non-hydrogen) atoms. The van der Waals surface area contributed by atoms with Crippen molar-refractivity contribution in [1.82, 2.24) is 30.0 Å². The molecular weight excluding hydrogens is 354 g/mol. The summed E-state index contributed by atoms with van der Waals surface area (Å²) >= 11 is 0. The molecule has 0 radical (unpaired) electrons. The molecule has 0 spiro atoms. The van der Waals surface area contributed by atoms with Crippen molar-refractivity contribution in [3.8, 4) is 11.3 Å². The Balaban J connectivity index is 1.29. The normalized spacial score (nSPS) is 16.3. The van der Waals surface area contributed by atoms with Gasteiger partial charge in [0.1, 0.15) is 0 Å². The number of aryl methyl sites for hydroxylation is 1. The summed E-state index contributed by atoms with van der Waals surface area (Å²) in [7, 11) is 0. The van der Waals surface area contributed by atoms with E-state index in [1.165, 1.54) is 0 Å². The molecule has 1 saturated heterocycles. The van der Waals surface area contributed by atoms with Gasteiger partial charge in [0.15, 0.2) is 0 Å². The highest BCUT2D eigenvalue weighted by Gasteiger charge is 2.25. The fourth-order valence-corrected chi connectivity index (χ4v) is 3.37. The van der Waals surface area contributed by atoms with E-state index in [9.17, 15) is 4.79 Å². The summed E-state index contributed by atoms with van der Waals surface area (Å²) in [6.07, 6.45) is 11.1. The Hall–Kier alpha value is -3.29. The maximum Gasteiger partial charge on any atom is 0.225 e. The minimum absolute atomic E-state index is 0.0871. The molecule has 1 atom stereocenters. The Bertz CT molecular complexity index is 898. The van der Waals surface area contributed by atoms with Gasteiger partial charge in [-0.05, 0) is 37.1 Å². The standard InChI is InChI=1S/C20H23N7O/c28-19(5-2-11-27-12-3-9-23-27)24-17-7-13-26(15-17)20-22-10-6-18(25-20)16-4-1-8-21-14-16/h1,3-4,6,8-10,12,14,17H,2,5,7,11,13,15H2,(H,24,28). The average Bonchev–Trinajstić information content (AvgIpc) is 3.41. The Morgan fingerprint density at radius 3 is 3.00 bits per heavy atom. The molecule has 144 valence electrons.